The number of aromatic amines is 1. The number of halogens is 1. The van der Waals surface area contributed by atoms with Gasteiger partial charge in [0.2, 0.25) is 0 Å². The fourth-order valence-corrected chi connectivity index (χ4v) is 1.82. The van der Waals surface area contributed by atoms with Gasteiger partial charge in [0.25, 0.3) is 5.91 Å². The Morgan fingerprint density at radius 3 is 2.76 bits per heavy atom. The van der Waals surface area contributed by atoms with Crippen molar-refractivity contribution in [1.82, 2.24) is 4.98 Å². The highest BCUT2D eigenvalue weighted by Gasteiger charge is 2.09. The van der Waals surface area contributed by atoms with Gasteiger partial charge in [0.05, 0.1) is 0 Å². The minimum Gasteiger partial charge on any atom is -0.508 e. The molecule has 1 aromatic carbocycles. The van der Waals surface area contributed by atoms with E-state index in [-0.39, 0.29) is 11.7 Å². The number of H-pyrrole nitrogens is 1. The zero-order valence-electron chi connectivity index (χ0n) is 9.12. The van der Waals surface area contributed by atoms with Crippen molar-refractivity contribution in [3.63, 3.8) is 0 Å². The molecule has 2 aromatic rings. The lowest BCUT2D eigenvalue weighted by molar-refractivity contribution is 0.102. The first-order valence-electron chi connectivity index (χ1n) is 5.01. The number of hydrogen-bond acceptors (Lipinski definition) is 2. The van der Waals surface area contributed by atoms with E-state index in [2.05, 4.69) is 26.2 Å². The summed E-state index contributed by atoms with van der Waals surface area (Å²) in [7, 11) is 0. The van der Waals surface area contributed by atoms with E-state index in [0.717, 1.165) is 10.0 Å². The maximum atomic E-state index is 11.8. The first-order valence-corrected chi connectivity index (χ1v) is 5.80. The largest absolute Gasteiger partial charge is 0.508 e. The molecule has 0 atom stereocenters. The molecule has 88 valence electrons. The Hall–Kier alpha value is -1.75. The quantitative estimate of drug-likeness (QED) is 0.746. The predicted octanol–water partition coefficient (Wildman–Crippen LogP) is 3.04. The number of rotatable bonds is 2. The molecule has 0 saturated carbocycles. The molecule has 0 saturated heterocycles. The third kappa shape index (κ3) is 2.68. The number of nitrogens with one attached hydrogen (secondary N) is 2. The van der Waals surface area contributed by atoms with E-state index in [0.29, 0.717) is 11.4 Å². The molecule has 0 radical (unpaired) electrons. The van der Waals surface area contributed by atoms with Crippen LogP contribution in [0.5, 0.6) is 5.75 Å². The molecule has 5 heteroatoms. The minimum atomic E-state index is -0.218. The van der Waals surface area contributed by atoms with Crippen LogP contribution in [-0.4, -0.2) is 16.0 Å². The molecule has 0 aliphatic rings. The van der Waals surface area contributed by atoms with Crippen LogP contribution in [-0.2, 0) is 0 Å². The number of amides is 1. The van der Waals surface area contributed by atoms with Crippen molar-refractivity contribution in [1.29, 1.82) is 0 Å². The van der Waals surface area contributed by atoms with Crippen molar-refractivity contribution >= 4 is 27.5 Å². The number of carbonyl (C=O) groups is 1. The van der Waals surface area contributed by atoms with Crippen LogP contribution in [0.25, 0.3) is 0 Å². The van der Waals surface area contributed by atoms with E-state index in [1.165, 1.54) is 6.07 Å². The average molecular weight is 295 g/mol. The van der Waals surface area contributed by atoms with Gasteiger partial charge in [-0.2, -0.15) is 0 Å². The van der Waals surface area contributed by atoms with Gasteiger partial charge in [0.1, 0.15) is 11.4 Å². The molecule has 1 heterocycles. The first-order chi connectivity index (χ1) is 8.06. The van der Waals surface area contributed by atoms with Crippen molar-refractivity contribution in [2.24, 2.45) is 0 Å². The number of hydrogen-bond donors (Lipinski definition) is 3. The van der Waals surface area contributed by atoms with Crippen molar-refractivity contribution < 1.29 is 9.90 Å². The molecule has 4 nitrogen and oxygen atoms in total. The van der Waals surface area contributed by atoms with E-state index in [4.69, 9.17) is 0 Å². The van der Waals surface area contributed by atoms with Gasteiger partial charge in [-0.25, -0.2) is 0 Å². The van der Waals surface area contributed by atoms with Crippen LogP contribution in [0.2, 0.25) is 0 Å². The summed E-state index contributed by atoms with van der Waals surface area (Å²) in [4.78, 5) is 14.7. The van der Waals surface area contributed by atoms with E-state index in [1.807, 2.05) is 6.92 Å². The summed E-state index contributed by atoms with van der Waals surface area (Å²) in [6.45, 7) is 1.82. The number of phenols is 1. The van der Waals surface area contributed by atoms with Crippen LogP contribution in [0.4, 0.5) is 5.69 Å². The second-order valence-electron chi connectivity index (χ2n) is 3.68. The van der Waals surface area contributed by atoms with Gasteiger partial charge < -0.3 is 15.4 Å². The second kappa shape index (κ2) is 4.63. The molecule has 0 spiro atoms. The molecule has 0 fully saturated rings. The minimum absolute atomic E-state index is 0.183. The maximum Gasteiger partial charge on any atom is 0.272 e. The number of aryl methyl sites for hydroxylation is 1. The molecule has 0 aliphatic carbocycles. The topological polar surface area (TPSA) is 65.1 Å². The van der Waals surface area contributed by atoms with Gasteiger partial charge in [0, 0.05) is 16.4 Å². The maximum absolute atomic E-state index is 11.8. The number of anilines is 1. The monoisotopic (exact) mass is 294 g/mol. The standard InChI is InChI=1S/C12H11BrN2O2/c1-7-4-9(16)2-3-10(7)15-12(17)11-5-8(13)6-14-11/h2-6,14,16H,1H3,(H,15,17). The van der Waals surface area contributed by atoms with E-state index < -0.39 is 0 Å². The highest BCUT2D eigenvalue weighted by molar-refractivity contribution is 9.10. The Labute approximate surface area is 107 Å². The summed E-state index contributed by atoms with van der Waals surface area (Å²) < 4.78 is 0.824. The Bertz CT molecular complexity index is 563. The molecule has 0 bridgehead atoms. The molecular weight excluding hydrogens is 284 g/mol. The molecule has 3 N–H and O–H groups in total. The van der Waals surface area contributed by atoms with Gasteiger partial charge >= 0.3 is 0 Å². The van der Waals surface area contributed by atoms with Gasteiger partial charge in [0.15, 0.2) is 0 Å². The van der Waals surface area contributed by atoms with Crippen LogP contribution in [0.15, 0.2) is 34.9 Å². The van der Waals surface area contributed by atoms with Crippen molar-refractivity contribution in [2.45, 2.75) is 6.92 Å². The lowest BCUT2D eigenvalue weighted by Crippen LogP contribution is -2.12. The van der Waals surface area contributed by atoms with Gasteiger partial charge in [-0.1, -0.05) is 0 Å². The van der Waals surface area contributed by atoms with Gasteiger partial charge in [-0.05, 0) is 52.7 Å². The summed E-state index contributed by atoms with van der Waals surface area (Å²) in [6.07, 6.45) is 1.69. The third-order valence-electron chi connectivity index (χ3n) is 2.35. The number of benzene rings is 1. The predicted molar refractivity (Wildman–Crippen MR) is 69.3 cm³/mol. The van der Waals surface area contributed by atoms with Gasteiger partial charge in [-0.3, -0.25) is 4.79 Å². The molecule has 17 heavy (non-hydrogen) atoms. The summed E-state index contributed by atoms with van der Waals surface area (Å²) in [5.74, 6) is -0.0346. The lowest BCUT2D eigenvalue weighted by Gasteiger charge is -2.07. The smallest absolute Gasteiger partial charge is 0.272 e. The van der Waals surface area contributed by atoms with Crippen LogP contribution in [0, 0.1) is 6.92 Å². The fraction of sp³-hybridized carbons (Fsp3) is 0.0833. The number of carbonyl (C=O) groups excluding carboxylic acids is 1. The Morgan fingerprint density at radius 1 is 1.41 bits per heavy atom. The normalized spacial score (nSPS) is 10.2. The van der Waals surface area contributed by atoms with Crippen molar-refractivity contribution in [3.8, 4) is 5.75 Å². The second-order valence-corrected chi connectivity index (χ2v) is 4.60. The Kier molecular flexibility index (Phi) is 3.19. The van der Waals surface area contributed by atoms with Crippen LogP contribution < -0.4 is 5.32 Å². The first kappa shape index (κ1) is 11.7. The molecule has 2 rings (SSSR count). The summed E-state index contributed by atoms with van der Waals surface area (Å²) in [5, 5.41) is 12.0. The molecule has 0 aliphatic heterocycles. The number of aromatic hydroxyl groups is 1. The summed E-state index contributed by atoms with van der Waals surface area (Å²) >= 11 is 3.27. The highest BCUT2D eigenvalue weighted by atomic mass is 79.9. The van der Waals surface area contributed by atoms with Crippen molar-refractivity contribution in [3.05, 3.63) is 46.2 Å². The SMILES string of the molecule is Cc1cc(O)ccc1NC(=O)c1cc(Br)c[nH]1. The average Bonchev–Trinajstić information content (AvgIpc) is 2.69. The molecule has 1 aromatic heterocycles. The van der Waals surface area contributed by atoms with E-state index in [9.17, 15) is 9.90 Å². The number of aromatic nitrogens is 1. The summed E-state index contributed by atoms with van der Waals surface area (Å²) in [5.41, 5.74) is 1.96. The zero-order valence-corrected chi connectivity index (χ0v) is 10.7. The van der Waals surface area contributed by atoms with E-state index in [1.54, 1.807) is 24.4 Å². The highest BCUT2D eigenvalue weighted by Crippen LogP contribution is 2.21. The van der Waals surface area contributed by atoms with E-state index >= 15 is 0 Å². The number of phenolic OH excluding ortho intramolecular Hbond substituents is 1. The third-order valence-corrected chi connectivity index (χ3v) is 2.81. The lowest BCUT2D eigenvalue weighted by atomic mass is 10.2. The fourth-order valence-electron chi connectivity index (χ4n) is 1.48. The zero-order chi connectivity index (χ0) is 12.4. The van der Waals surface area contributed by atoms with Gasteiger partial charge in [-0.15, -0.1) is 0 Å². The molecule has 0 unspecified atom stereocenters. The molecule has 1 amide bonds. The van der Waals surface area contributed by atoms with Crippen LogP contribution in [0.1, 0.15) is 16.1 Å². The Balaban J connectivity index is 2.18. The van der Waals surface area contributed by atoms with Crippen LogP contribution >= 0.6 is 15.9 Å². The van der Waals surface area contributed by atoms with Crippen molar-refractivity contribution in [2.75, 3.05) is 5.32 Å². The molecular formula is C12H11BrN2O2. The summed E-state index contributed by atoms with van der Waals surface area (Å²) in [6, 6.07) is 6.50. The van der Waals surface area contributed by atoms with Crippen LogP contribution in [0.3, 0.4) is 0 Å². The Morgan fingerprint density at radius 2 is 2.18 bits per heavy atom.